The number of anilines is 1. The minimum absolute atomic E-state index is 0.604. The van der Waals surface area contributed by atoms with Gasteiger partial charge in [-0.25, -0.2) is 4.98 Å². The van der Waals surface area contributed by atoms with Gasteiger partial charge in [0.1, 0.15) is 12.0 Å². The average molecular weight is 488 g/mol. The summed E-state index contributed by atoms with van der Waals surface area (Å²) in [5.41, 5.74) is 2.93. The number of aromatic nitrogens is 4. The van der Waals surface area contributed by atoms with E-state index in [-0.39, 0.29) is 0 Å². The summed E-state index contributed by atoms with van der Waals surface area (Å²) in [4.78, 5) is 8.85. The van der Waals surface area contributed by atoms with Crippen molar-refractivity contribution in [3.8, 4) is 11.3 Å². The molecule has 1 aromatic carbocycles. The minimum Gasteiger partial charge on any atom is -0.373 e. The molecule has 1 atom stereocenters. The molecular weight excluding hydrogens is 468 g/mol. The zero-order valence-electron chi connectivity index (χ0n) is 16.0. The minimum atomic E-state index is -0.785. The zero-order chi connectivity index (χ0) is 20.9. The number of halogens is 2. The highest BCUT2D eigenvalue weighted by atomic mass is 79.9. The van der Waals surface area contributed by atoms with Crippen LogP contribution in [0.1, 0.15) is 18.3 Å². The summed E-state index contributed by atoms with van der Waals surface area (Å²) in [7, 11) is 0. The van der Waals surface area contributed by atoms with Gasteiger partial charge in [0.2, 0.25) is 0 Å². The fourth-order valence-corrected chi connectivity index (χ4v) is 3.64. The van der Waals surface area contributed by atoms with Crippen LogP contribution < -0.4 is 10.6 Å². The number of hydrogen-bond acceptors (Lipinski definition) is 6. The van der Waals surface area contributed by atoms with Crippen molar-refractivity contribution >= 4 is 39.0 Å². The van der Waals surface area contributed by atoms with Crippen LogP contribution in [0.4, 0.5) is 5.82 Å². The Labute approximate surface area is 187 Å². The molecule has 0 aliphatic carbocycles. The quantitative estimate of drug-likeness (QED) is 0.254. The Bertz CT molecular complexity index is 1140. The Kier molecular flexibility index (Phi) is 6.59. The number of benzene rings is 1. The first-order chi connectivity index (χ1) is 14.6. The second-order valence-corrected chi connectivity index (χ2v) is 7.89. The van der Waals surface area contributed by atoms with Gasteiger partial charge in [-0.15, -0.1) is 0 Å². The number of fused-ring (bicyclic) bond motifs is 1. The Morgan fingerprint density at radius 2 is 1.97 bits per heavy atom. The lowest BCUT2D eigenvalue weighted by atomic mass is 10.1. The van der Waals surface area contributed by atoms with E-state index in [2.05, 4.69) is 36.6 Å². The lowest BCUT2D eigenvalue weighted by Gasteiger charge is -2.14. The van der Waals surface area contributed by atoms with Gasteiger partial charge >= 0.3 is 0 Å². The molecule has 1 unspecified atom stereocenters. The van der Waals surface area contributed by atoms with E-state index in [9.17, 15) is 5.11 Å². The van der Waals surface area contributed by atoms with Gasteiger partial charge in [0, 0.05) is 29.4 Å². The molecule has 9 heteroatoms. The third kappa shape index (κ3) is 4.62. The Morgan fingerprint density at radius 1 is 1.13 bits per heavy atom. The Hall–Kier alpha value is -2.52. The molecule has 0 aliphatic rings. The maximum atomic E-state index is 10.1. The van der Waals surface area contributed by atoms with Crippen molar-refractivity contribution in [3.05, 3.63) is 76.1 Å². The van der Waals surface area contributed by atoms with Crippen molar-refractivity contribution in [2.24, 2.45) is 0 Å². The van der Waals surface area contributed by atoms with Crippen molar-refractivity contribution in [1.82, 2.24) is 24.9 Å². The molecule has 0 radical (unpaired) electrons. The van der Waals surface area contributed by atoms with Crippen LogP contribution in [-0.2, 0) is 0 Å². The molecule has 3 aromatic heterocycles. The first kappa shape index (κ1) is 20.7. The number of aliphatic hydroxyl groups is 1. The molecule has 0 fully saturated rings. The van der Waals surface area contributed by atoms with Gasteiger partial charge in [0.15, 0.2) is 5.65 Å². The van der Waals surface area contributed by atoms with E-state index >= 15 is 0 Å². The number of nitrogens with one attached hydrogen (secondary N) is 2. The number of nitrogens with zero attached hydrogens (tertiary/aromatic N) is 4. The van der Waals surface area contributed by atoms with Crippen molar-refractivity contribution in [2.75, 3.05) is 18.4 Å². The van der Waals surface area contributed by atoms with Crippen LogP contribution in [0.25, 0.3) is 16.9 Å². The van der Waals surface area contributed by atoms with Crippen LogP contribution in [0.5, 0.6) is 0 Å². The van der Waals surface area contributed by atoms with Gasteiger partial charge in [-0.2, -0.15) is 9.61 Å². The lowest BCUT2D eigenvalue weighted by Crippen LogP contribution is -2.24. The van der Waals surface area contributed by atoms with Crippen molar-refractivity contribution in [3.63, 3.8) is 0 Å². The highest BCUT2D eigenvalue weighted by Crippen LogP contribution is 2.30. The first-order valence-electron chi connectivity index (χ1n) is 9.49. The van der Waals surface area contributed by atoms with Crippen molar-refractivity contribution < 1.29 is 5.11 Å². The van der Waals surface area contributed by atoms with Gasteiger partial charge in [-0.3, -0.25) is 10.3 Å². The van der Waals surface area contributed by atoms with E-state index in [0.29, 0.717) is 29.5 Å². The second kappa shape index (κ2) is 9.53. The smallest absolute Gasteiger partial charge is 0.172 e. The molecule has 0 bridgehead atoms. The van der Waals surface area contributed by atoms with Crippen LogP contribution >= 0.6 is 27.5 Å². The molecule has 154 valence electrons. The van der Waals surface area contributed by atoms with Crippen LogP contribution in [0.2, 0.25) is 5.02 Å². The standard InChI is InChI=1S/C21H20BrClN6O/c22-15-13-27-29-19(12-18(28-20(15)29)14-6-1-2-7-16(14)23)25-10-5-11-26-21(30)17-8-3-4-9-24-17/h1-4,6-9,12-13,21,25-26,30H,5,10-11H2. The van der Waals surface area contributed by atoms with Crippen LogP contribution in [-0.4, -0.2) is 37.8 Å². The molecule has 4 rings (SSSR count). The fourth-order valence-electron chi connectivity index (χ4n) is 3.05. The van der Waals surface area contributed by atoms with E-state index in [1.54, 1.807) is 23.0 Å². The molecule has 0 saturated carbocycles. The summed E-state index contributed by atoms with van der Waals surface area (Å²) in [5, 5.41) is 21.6. The van der Waals surface area contributed by atoms with Crippen molar-refractivity contribution in [1.29, 1.82) is 0 Å². The maximum Gasteiger partial charge on any atom is 0.172 e. The number of aliphatic hydroxyl groups excluding tert-OH is 1. The molecule has 0 saturated heterocycles. The number of rotatable bonds is 8. The molecule has 0 spiro atoms. The van der Waals surface area contributed by atoms with Gasteiger partial charge < -0.3 is 10.4 Å². The van der Waals surface area contributed by atoms with Gasteiger partial charge in [0.05, 0.1) is 22.1 Å². The number of pyridine rings is 1. The second-order valence-electron chi connectivity index (χ2n) is 6.63. The van der Waals surface area contributed by atoms with E-state index in [4.69, 9.17) is 16.6 Å². The van der Waals surface area contributed by atoms with Crippen molar-refractivity contribution in [2.45, 2.75) is 12.6 Å². The maximum absolute atomic E-state index is 10.1. The SMILES string of the molecule is OC(NCCCNc1cc(-c2ccccc2Cl)nc2c(Br)cnn12)c1ccccn1. The van der Waals surface area contributed by atoms with E-state index < -0.39 is 6.23 Å². The third-order valence-electron chi connectivity index (χ3n) is 4.54. The number of hydrogen-bond donors (Lipinski definition) is 3. The molecule has 3 heterocycles. The van der Waals surface area contributed by atoms with Crippen LogP contribution in [0, 0.1) is 0 Å². The molecule has 7 nitrogen and oxygen atoms in total. The molecule has 0 amide bonds. The molecule has 30 heavy (non-hydrogen) atoms. The average Bonchev–Trinajstić information content (AvgIpc) is 3.15. The highest BCUT2D eigenvalue weighted by Gasteiger charge is 2.13. The Morgan fingerprint density at radius 3 is 2.77 bits per heavy atom. The zero-order valence-corrected chi connectivity index (χ0v) is 18.3. The first-order valence-corrected chi connectivity index (χ1v) is 10.7. The highest BCUT2D eigenvalue weighted by molar-refractivity contribution is 9.10. The predicted octanol–water partition coefficient (Wildman–Crippen LogP) is 4.29. The predicted molar refractivity (Wildman–Crippen MR) is 121 cm³/mol. The molecule has 3 N–H and O–H groups in total. The van der Waals surface area contributed by atoms with E-state index in [1.165, 1.54) is 0 Å². The summed E-state index contributed by atoms with van der Waals surface area (Å²) in [6.07, 6.45) is 3.38. The van der Waals surface area contributed by atoms with Gasteiger partial charge in [-0.1, -0.05) is 35.9 Å². The summed E-state index contributed by atoms with van der Waals surface area (Å²) in [6.45, 7) is 1.31. The van der Waals surface area contributed by atoms with Crippen LogP contribution in [0.15, 0.2) is 65.4 Å². The largest absolute Gasteiger partial charge is 0.373 e. The summed E-state index contributed by atoms with van der Waals surface area (Å²) in [5.74, 6) is 0.811. The van der Waals surface area contributed by atoms with E-state index in [0.717, 1.165) is 28.0 Å². The third-order valence-corrected chi connectivity index (χ3v) is 5.43. The lowest BCUT2D eigenvalue weighted by molar-refractivity contribution is 0.135. The molecule has 4 aromatic rings. The molecular formula is C21H20BrClN6O. The fraction of sp³-hybridized carbons (Fsp3) is 0.190. The van der Waals surface area contributed by atoms with Gasteiger partial charge in [-0.05, 0) is 47.1 Å². The van der Waals surface area contributed by atoms with Crippen LogP contribution in [0.3, 0.4) is 0 Å². The van der Waals surface area contributed by atoms with E-state index in [1.807, 2.05) is 42.5 Å². The van der Waals surface area contributed by atoms with Gasteiger partial charge in [0.25, 0.3) is 0 Å². The normalized spacial score (nSPS) is 12.2. The molecule has 0 aliphatic heterocycles. The Balaban J connectivity index is 1.44. The summed E-state index contributed by atoms with van der Waals surface area (Å²) < 4.78 is 2.56. The summed E-state index contributed by atoms with van der Waals surface area (Å²) >= 11 is 9.88. The summed E-state index contributed by atoms with van der Waals surface area (Å²) in [6, 6.07) is 15.0. The monoisotopic (exact) mass is 486 g/mol. The topological polar surface area (TPSA) is 87.4 Å².